The van der Waals surface area contributed by atoms with E-state index in [0.29, 0.717) is 23.4 Å². The van der Waals surface area contributed by atoms with E-state index in [-0.39, 0.29) is 11.8 Å². The zero-order valence-electron chi connectivity index (χ0n) is 12.3. The van der Waals surface area contributed by atoms with E-state index in [4.69, 9.17) is 0 Å². The van der Waals surface area contributed by atoms with E-state index in [9.17, 15) is 9.59 Å². The van der Waals surface area contributed by atoms with E-state index in [2.05, 4.69) is 0 Å². The van der Waals surface area contributed by atoms with Crippen LogP contribution >= 0.6 is 0 Å². The maximum atomic E-state index is 12.4. The fourth-order valence-electron chi connectivity index (χ4n) is 2.24. The molecule has 2 rings (SSSR count). The highest BCUT2D eigenvalue weighted by Crippen LogP contribution is 2.26. The Balaban J connectivity index is 2.42. The highest BCUT2D eigenvalue weighted by atomic mass is 16.2. The molecule has 0 aliphatic carbocycles. The fraction of sp³-hybridized carbons (Fsp3) is 0.333. The standard InChI is InChI=1S/C15H19N3O2/c1-16(2)9-11(10-17(3)4)18-14(19)12-7-5-6-8-13(12)15(18)20/h5-9H,10H2,1-4H3/b11-9-. The molecule has 5 nitrogen and oxygen atoms in total. The van der Waals surface area contributed by atoms with Gasteiger partial charge in [0.15, 0.2) is 0 Å². The summed E-state index contributed by atoms with van der Waals surface area (Å²) in [7, 11) is 7.55. The maximum Gasteiger partial charge on any atom is 0.265 e. The van der Waals surface area contributed by atoms with Crippen LogP contribution in [-0.2, 0) is 0 Å². The molecule has 0 fully saturated rings. The van der Waals surface area contributed by atoms with Crippen molar-refractivity contribution in [3.63, 3.8) is 0 Å². The summed E-state index contributed by atoms with van der Waals surface area (Å²) in [5, 5.41) is 0. The predicted molar refractivity (Wildman–Crippen MR) is 77.3 cm³/mol. The summed E-state index contributed by atoms with van der Waals surface area (Å²) in [6, 6.07) is 6.93. The van der Waals surface area contributed by atoms with Gasteiger partial charge in [0, 0.05) is 26.8 Å². The summed E-state index contributed by atoms with van der Waals surface area (Å²) in [6.45, 7) is 0.518. The molecule has 2 amide bonds. The first kappa shape index (κ1) is 14.3. The molecule has 1 aromatic rings. The molecular formula is C15H19N3O2. The van der Waals surface area contributed by atoms with E-state index in [1.165, 1.54) is 4.90 Å². The first-order chi connectivity index (χ1) is 9.41. The molecule has 1 aliphatic heterocycles. The van der Waals surface area contributed by atoms with Crippen LogP contribution in [0.5, 0.6) is 0 Å². The molecule has 0 unspecified atom stereocenters. The van der Waals surface area contributed by atoms with Crippen molar-refractivity contribution in [3.05, 3.63) is 47.3 Å². The Kier molecular flexibility index (Phi) is 3.90. The lowest BCUT2D eigenvalue weighted by Crippen LogP contribution is -2.35. The number of carbonyl (C=O) groups excluding carboxylic acids is 2. The van der Waals surface area contributed by atoms with Crippen LogP contribution in [0.25, 0.3) is 0 Å². The first-order valence-electron chi connectivity index (χ1n) is 6.41. The molecule has 20 heavy (non-hydrogen) atoms. The lowest BCUT2D eigenvalue weighted by atomic mass is 10.1. The van der Waals surface area contributed by atoms with Gasteiger partial charge >= 0.3 is 0 Å². The van der Waals surface area contributed by atoms with Crippen molar-refractivity contribution in [2.24, 2.45) is 0 Å². The fourth-order valence-corrected chi connectivity index (χ4v) is 2.24. The molecule has 0 spiro atoms. The summed E-state index contributed by atoms with van der Waals surface area (Å²) in [6.07, 6.45) is 1.81. The van der Waals surface area contributed by atoms with E-state index in [0.717, 1.165) is 0 Å². The van der Waals surface area contributed by atoms with Gasteiger partial charge in [-0.1, -0.05) is 12.1 Å². The summed E-state index contributed by atoms with van der Waals surface area (Å²) in [5.41, 5.74) is 1.62. The third kappa shape index (κ3) is 2.58. The van der Waals surface area contributed by atoms with Crippen molar-refractivity contribution in [2.75, 3.05) is 34.7 Å². The number of hydrogen-bond donors (Lipinski definition) is 0. The zero-order chi connectivity index (χ0) is 14.9. The quantitative estimate of drug-likeness (QED) is 0.774. The largest absolute Gasteiger partial charge is 0.382 e. The van der Waals surface area contributed by atoms with Crippen LogP contribution in [0.2, 0.25) is 0 Å². The van der Waals surface area contributed by atoms with Gasteiger partial charge in [0.25, 0.3) is 11.8 Å². The number of nitrogens with zero attached hydrogens (tertiary/aromatic N) is 3. The Morgan fingerprint density at radius 3 is 1.95 bits per heavy atom. The molecule has 0 aromatic heterocycles. The van der Waals surface area contributed by atoms with E-state index in [1.54, 1.807) is 24.3 Å². The number of hydrogen-bond acceptors (Lipinski definition) is 4. The first-order valence-corrected chi connectivity index (χ1v) is 6.41. The molecule has 1 heterocycles. The van der Waals surface area contributed by atoms with Crippen LogP contribution in [0.1, 0.15) is 20.7 Å². The summed E-state index contributed by atoms with van der Waals surface area (Å²) < 4.78 is 0. The van der Waals surface area contributed by atoms with Gasteiger partial charge in [-0.05, 0) is 26.2 Å². The average Bonchev–Trinajstić information content (AvgIpc) is 2.61. The smallest absolute Gasteiger partial charge is 0.265 e. The summed E-state index contributed by atoms with van der Waals surface area (Å²) >= 11 is 0. The van der Waals surface area contributed by atoms with Gasteiger partial charge in [-0.25, -0.2) is 4.90 Å². The molecule has 5 heteroatoms. The molecule has 106 valence electrons. The Labute approximate surface area is 119 Å². The van der Waals surface area contributed by atoms with Crippen LogP contribution < -0.4 is 0 Å². The van der Waals surface area contributed by atoms with Gasteiger partial charge in [-0.15, -0.1) is 0 Å². The van der Waals surface area contributed by atoms with Crippen LogP contribution in [-0.4, -0.2) is 61.2 Å². The molecular weight excluding hydrogens is 254 g/mol. The van der Waals surface area contributed by atoms with Gasteiger partial charge < -0.3 is 9.80 Å². The monoisotopic (exact) mass is 273 g/mol. The van der Waals surface area contributed by atoms with Crippen molar-refractivity contribution in [1.82, 2.24) is 14.7 Å². The van der Waals surface area contributed by atoms with Crippen molar-refractivity contribution in [2.45, 2.75) is 0 Å². The van der Waals surface area contributed by atoms with E-state index >= 15 is 0 Å². The van der Waals surface area contributed by atoms with Crippen molar-refractivity contribution >= 4 is 11.8 Å². The van der Waals surface area contributed by atoms with Gasteiger partial charge in [0.1, 0.15) is 0 Å². The molecule has 0 radical (unpaired) electrons. The number of carbonyl (C=O) groups is 2. The highest BCUT2D eigenvalue weighted by molar-refractivity contribution is 6.22. The number of benzene rings is 1. The van der Waals surface area contributed by atoms with E-state index in [1.807, 2.05) is 44.2 Å². The molecule has 0 atom stereocenters. The zero-order valence-corrected chi connectivity index (χ0v) is 12.3. The van der Waals surface area contributed by atoms with Crippen molar-refractivity contribution in [1.29, 1.82) is 0 Å². The lowest BCUT2D eigenvalue weighted by molar-refractivity contribution is 0.0693. The molecule has 0 bridgehead atoms. The third-order valence-electron chi connectivity index (χ3n) is 2.97. The highest BCUT2D eigenvalue weighted by Gasteiger charge is 2.37. The second kappa shape index (κ2) is 5.46. The average molecular weight is 273 g/mol. The number of rotatable bonds is 4. The topological polar surface area (TPSA) is 43.9 Å². The molecule has 1 aromatic carbocycles. The van der Waals surface area contributed by atoms with Crippen LogP contribution in [0.3, 0.4) is 0 Å². The minimum Gasteiger partial charge on any atom is -0.382 e. The molecule has 0 saturated carbocycles. The Bertz CT molecular complexity index is 541. The van der Waals surface area contributed by atoms with Crippen LogP contribution in [0.4, 0.5) is 0 Å². The maximum absolute atomic E-state index is 12.4. The number of amides is 2. The van der Waals surface area contributed by atoms with Gasteiger partial charge in [-0.2, -0.15) is 0 Å². The summed E-state index contributed by atoms with van der Waals surface area (Å²) in [4.78, 5) is 29.9. The van der Waals surface area contributed by atoms with Gasteiger partial charge in [0.2, 0.25) is 0 Å². The number of imide groups is 1. The normalized spacial score (nSPS) is 15.1. The third-order valence-corrected chi connectivity index (χ3v) is 2.97. The minimum absolute atomic E-state index is 0.249. The Morgan fingerprint density at radius 2 is 1.55 bits per heavy atom. The number of likely N-dealkylation sites (N-methyl/N-ethyl adjacent to an activating group) is 1. The SMILES string of the molecule is CN(C)/C=C(/CN(C)C)N1C(=O)c2ccccc2C1=O. The second-order valence-electron chi connectivity index (χ2n) is 5.31. The van der Waals surface area contributed by atoms with Gasteiger partial charge in [-0.3, -0.25) is 9.59 Å². The summed E-state index contributed by atoms with van der Waals surface area (Å²) in [5.74, 6) is -0.499. The van der Waals surface area contributed by atoms with Crippen LogP contribution in [0.15, 0.2) is 36.2 Å². The van der Waals surface area contributed by atoms with Gasteiger partial charge in [0.05, 0.1) is 16.8 Å². The van der Waals surface area contributed by atoms with Crippen molar-refractivity contribution < 1.29 is 9.59 Å². The lowest BCUT2D eigenvalue weighted by Gasteiger charge is -2.23. The second-order valence-corrected chi connectivity index (χ2v) is 5.31. The van der Waals surface area contributed by atoms with Crippen LogP contribution in [0, 0.1) is 0 Å². The number of fused-ring (bicyclic) bond motifs is 1. The Hall–Kier alpha value is -2.14. The minimum atomic E-state index is -0.249. The van der Waals surface area contributed by atoms with E-state index < -0.39 is 0 Å². The molecule has 0 N–H and O–H groups in total. The predicted octanol–water partition coefficient (Wildman–Crippen LogP) is 1.25. The molecule has 0 saturated heterocycles. The Morgan fingerprint density at radius 1 is 1.05 bits per heavy atom. The van der Waals surface area contributed by atoms with Crippen molar-refractivity contribution in [3.8, 4) is 0 Å². The molecule has 1 aliphatic rings.